The third kappa shape index (κ3) is 4.95. The predicted molar refractivity (Wildman–Crippen MR) is 146 cm³/mol. The van der Waals surface area contributed by atoms with Gasteiger partial charge in [0.05, 0.1) is 5.69 Å². The Morgan fingerprint density at radius 2 is 2.08 bits per heavy atom. The molecular formula is C24H28ClN9O3S2. The SMILES string of the molecule is CC1NCc2sc(C(=O)N3CCN(S(=O)(=O)c4cc5cc(Cl)ccc5[nH]4)CC3CCc3nn[nH]n3)nc2C1C. The molecular weight excluding hydrogens is 562 g/mol. The monoisotopic (exact) mass is 589 g/mol. The fourth-order valence-corrected chi connectivity index (χ4v) is 7.96. The van der Waals surface area contributed by atoms with Crippen LogP contribution in [0.1, 0.15) is 52.4 Å². The van der Waals surface area contributed by atoms with Gasteiger partial charge in [0.15, 0.2) is 10.8 Å². The second-order valence-electron chi connectivity index (χ2n) is 10.0. The number of tetrazole rings is 1. The maximum absolute atomic E-state index is 13.8. The molecule has 1 fully saturated rings. The van der Waals surface area contributed by atoms with E-state index in [9.17, 15) is 13.2 Å². The Labute approximate surface area is 234 Å². The Bertz CT molecular complexity index is 1620. The largest absolute Gasteiger partial charge is 0.345 e. The summed E-state index contributed by atoms with van der Waals surface area (Å²) in [4.78, 5) is 24.4. The molecule has 1 aromatic carbocycles. The number of nitrogens with one attached hydrogen (secondary N) is 3. The van der Waals surface area contributed by atoms with Gasteiger partial charge in [-0.05, 0) is 37.6 Å². The van der Waals surface area contributed by atoms with Gasteiger partial charge in [-0.2, -0.15) is 9.52 Å². The van der Waals surface area contributed by atoms with Gasteiger partial charge in [-0.25, -0.2) is 13.4 Å². The van der Waals surface area contributed by atoms with Crippen LogP contribution in [0.3, 0.4) is 0 Å². The molecule has 6 rings (SSSR count). The summed E-state index contributed by atoms with van der Waals surface area (Å²) in [5.41, 5.74) is 1.66. The molecule has 39 heavy (non-hydrogen) atoms. The molecule has 3 N–H and O–H groups in total. The predicted octanol–water partition coefficient (Wildman–Crippen LogP) is 2.53. The van der Waals surface area contributed by atoms with Crippen molar-refractivity contribution in [2.45, 2.75) is 56.3 Å². The molecule has 15 heteroatoms. The van der Waals surface area contributed by atoms with Crippen LogP contribution in [0.25, 0.3) is 10.9 Å². The average Bonchev–Trinajstić information content (AvgIpc) is 3.69. The second kappa shape index (κ2) is 10.2. The number of benzene rings is 1. The lowest BCUT2D eigenvalue weighted by Crippen LogP contribution is -2.56. The number of hydrogen-bond donors (Lipinski definition) is 3. The van der Waals surface area contributed by atoms with Crippen molar-refractivity contribution >= 4 is 49.8 Å². The number of sulfonamides is 1. The Morgan fingerprint density at radius 3 is 2.87 bits per heavy atom. The van der Waals surface area contributed by atoms with Crippen molar-refractivity contribution in [1.82, 2.24) is 45.1 Å². The van der Waals surface area contributed by atoms with Crippen LogP contribution in [0.4, 0.5) is 0 Å². The van der Waals surface area contributed by atoms with Crippen LogP contribution >= 0.6 is 22.9 Å². The molecule has 2 aliphatic rings. The lowest BCUT2D eigenvalue weighted by Gasteiger charge is -2.40. The number of aromatic nitrogens is 6. The first-order chi connectivity index (χ1) is 18.7. The molecule has 0 spiro atoms. The first-order valence-electron chi connectivity index (χ1n) is 12.8. The molecule has 0 radical (unpaired) electrons. The Hall–Kier alpha value is -2.91. The number of carbonyl (C=O) groups excluding carboxylic acids is 1. The van der Waals surface area contributed by atoms with E-state index in [1.807, 2.05) is 0 Å². The standard InChI is InChI=1S/C24H28ClN9O3S2/c1-13-14(2)26-11-19-22(13)28-23(38-19)24(35)34-8-7-33(12-17(34)4-6-20-29-31-32-30-20)39(36,37)21-10-15-9-16(25)3-5-18(15)27-21/h3,5,9-10,13-14,17,26-27H,4,6-8,11-12H2,1-2H3,(H,29,30,31,32). The first kappa shape index (κ1) is 26.3. The summed E-state index contributed by atoms with van der Waals surface area (Å²) < 4.78 is 28.8. The number of aromatic amines is 2. The Morgan fingerprint density at radius 1 is 1.23 bits per heavy atom. The van der Waals surface area contributed by atoms with Crippen molar-refractivity contribution in [1.29, 1.82) is 0 Å². The Kier molecular flexibility index (Phi) is 6.91. The van der Waals surface area contributed by atoms with E-state index in [1.54, 1.807) is 29.2 Å². The smallest absolute Gasteiger partial charge is 0.283 e. The van der Waals surface area contributed by atoms with Gasteiger partial charge in [-0.15, -0.1) is 21.5 Å². The normalized spacial score (nSPS) is 22.3. The molecule has 0 aliphatic carbocycles. The summed E-state index contributed by atoms with van der Waals surface area (Å²) in [6, 6.07) is 6.67. The lowest BCUT2D eigenvalue weighted by atomic mass is 9.95. The number of H-pyrrole nitrogens is 2. The minimum atomic E-state index is -3.85. The highest BCUT2D eigenvalue weighted by atomic mass is 35.5. The van der Waals surface area contributed by atoms with Gasteiger partial charge in [0, 0.05) is 71.4 Å². The maximum Gasteiger partial charge on any atom is 0.283 e. The van der Waals surface area contributed by atoms with Gasteiger partial charge in [-0.3, -0.25) is 4.79 Å². The fraction of sp³-hybridized carbons (Fsp3) is 0.458. The molecule has 12 nitrogen and oxygen atoms in total. The van der Waals surface area contributed by atoms with E-state index in [2.05, 4.69) is 44.8 Å². The number of piperazine rings is 1. The van der Waals surface area contributed by atoms with Crippen molar-refractivity contribution in [2.24, 2.45) is 0 Å². The number of aryl methyl sites for hydroxylation is 1. The molecule has 2 aliphatic heterocycles. The molecule has 3 aromatic heterocycles. The number of fused-ring (bicyclic) bond motifs is 2. The summed E-state index contributed by atoms with van der Waals surface area (Å²) in [5, 5.41) is 19.3. The first-order valence-corrected chi connectivity index (χ1v) is 15.4. The number of rotatable bonds is 6. The number of nitrogens with zero attached hydrogens (tertiary/aromatic N) is 6. The molecule has 0 saturated carbocycles. The molecule has 1 amide bonds. The third-order valence-electron chi connectivity index (χ3n) is 7.65. The highest BCUT2D eigenvalue weighted by Gasteiger charge is 2.39. The molecule has 3 atom stereocenters. The van der Waals surface area contributed by atoms with E-state index in [-0.39, 0.29) is 42.5 Å². The molecule has 3 unspecified atom stereocenters. The number of halogens is 1. The molecule has 0 bridgehead atoms. The van der Waals surface area contributed by atoms with Crippen LogP contribution in [-0.2, 0) is 23.0 Å². The van der Waals surface area contributed by atoms with E-state index in [4.69, 9.17) is 16.6 Å². The van der Waals surface area contributed by atoms with Crippen molar-refractivity contribution < 1.29 is 13.2 Å². The third-order valence-corrected chi connectivity index (χ3v) is 10.7. The van der Waals surface area contributed by atoms with E-state index >= 15 is 0 Å². The van der Waals surface area contributed by atoms with Gasteiger partial charge in [0.2, 0.25) is 0 Å². The number of hydrogen-bond acceptors (Lipinski definition) is 9. The van der Waals surface area contributed by atoms with Crippen LogP contribution < -0.4 is 5.32 Å². The van der Waals surface area contributed by atoms with Crippen LogP contribution in [0.5, 0.6) is 0 Å². The zero-order valence-corrected chi connectivity index (χ0v) is 23.8. The molecule has 4 aromatic rings. The number of carbonyl (C=O) groups is 1. The highest BCUT2D eigenvalue weighted by molar-refractivity contribution is 7.89. The van der Waals surface area contributed by atoms with Crippen LogP contribution in [0.15, 0.2) is 29.3 Å². The minimum absolute atomic E-state index is 0.0969. The second-order valence-corrected chi connectivity index (χ2v) is 13.5. The van der Waals surface area contributed by atoms with E-state index in [0.717, 1.165) is 10.6 Å². The summed E-state index contributed by atoms with van der Waals surface area (Å²) in [7, 11) is -3.85. The lowest BCUT2D eigenvalue weighted by molar-refractivity contribution is 0.0549. The molecule has 1 saturated heterocycles. The molecule has 5 heterocycles. The van der Waals surface area contributed by atoms with Crippen molar-refractivity contribution in [3.8, 4) is 0 Å². The quantitative estimate of drug-likeness (QED) is 0.310. The van der Waals surface area contributed by atoms with Gasteiger partial charge in [-0.1, -0.05) is 23.7 Å². The summed E-state index contributed by atoms with van der Waals surface area (Å²) in [6.45, 7) is 5.47. The van der Waals surface area contributed by atoms with Gasteiger partial charge in [0.25, 0.3) is 15.9 Å². The van der Waals surface area contributed by atoms with Crippen molar-refractivity contribution in [3.05, 3.63) is 50.7 Å². The van der Waals surface area contributed by atoms with Crippen molar-refractivity contribution in [3.63, 3.8) is 0 Å². The summed E-state index contributed by atoms with van der Waals surface area (Å²) in [5.74, 6) is 0.534. The zero-order valence-electron chi connectivity index (χ0n) is 21.4. The minimum Gasteiger partial charge on any atom is -0.345 e. The van der Waals surface area contributed by atoms with Crippen LogP contribution in [0.2, 0.25) is 5.02 Å². The number of amides is 1. The van der Waals surface area contributed by atoms with Gasteiger partial charge < -0.3 is 15.2 Å². The van der Waals surface area contributed by atoms with Gasteiger partial charge >= 0.3 is 0 Å². The Balaban J connectivity index is 1.27. The molecule has 206 valence electrons. The van der Waals surface area contributed by atoms with Crippen LogP contribution in [0, 0.1) is 0 Å². The summed E-state index contributed by atoms with van der Waals surface area (Å²) >= 11 is 7.51. The van der Waals surface area contributed by atoms with E-state index in [1.165, 1.54) is 15.6 Å². The van der Waals surface area contributed by atoms with E-state index in [0.29, 0.717) is 46.1 Å². The van der Waals surface area contributed by atoms with Crippen LogP contribution in [-0.4, -0.2) is 85.8 Å². The van der Waals surface area contributed by atoms with E-state index < -0.39 is 16.1 Å². The topological polar surface area (TPSA) is 153 Å². The maximum atomic E-state index is 13.8. The summed E-state index contributed by atoms with van der Waals surface area (Å²) in [6.07, 6.45) is 0.913. The highest BCUT2D eigenvalue weighted by Crippen LogP contribution is 2.33. The number of thiazole rings is 1. The zero-order chi connectivity index (χ0) is 27.3. The average molecular weight is 590 g/mol. The fourth-order valence-electron chi connectivity index (χ4n) is 5.23. The van der Waals surface area contributed by atoms with Gasteiger partial charge in [0.1, 0.15) is 5.03 Å². The van der Waals surface area contributed by atoms with Crippen molar-refractivity contribution in [2.75, 3.05) is 19.6 Å².